The third kappa shape index (κ3) is 2.62. The van der Waals surface area contributed by atoms with Crippen molar-refractivity contribution in [2.24, 2.45) is 0 Å². The molecular weight excluding hydrogens is 427 g/mol. The number of rotatable bonds is 2. The molecule has 0 atom stereocenters. The molecular formula is C16H12BrIN2. The number of halogens is 2. The van der Waals surface area contributed by atoms with E-state index in [0.717, 1.165) is 25.1 Å². The van der Waals surface area contributed by atoms with Crippen LogP contribution in [0.3, 0.4) is 0 Å². The fraction of sp³-hybridized carbons (Fsp3) is 0. The molecule has 0 heterocycles. The Morgan fingerprint density at radius 1 is 0.900 bits per heavy atom. The van der Waals surface area contributed by atoms with Crippen LogP contribution < -0.4 is 11.1 Å². The summed E-state index contributed by atoms with van der Waals surface area (Å²) in [7, 11) is 0. The zero-order valence-corrected chi connectivity index (χ0v) is 14.3. The highest BCUT2D eigenvalue weighted by Crippen LogP contribution is 2.33. The first kappa shape index (κ1) is 13.7. The van der Waals surface area contributed by atoms with Gasteiger partial charge in [-0.25, -0.2) is 0 Å². The van der Waals surface area contributed by atoms with Gasteiger partial charge < -0.3 is 11.1 Å². The van der Waals surface area contributed by atoms with Crippen LogP contribution in [0.25, 0.3) is 10.8 Å². The van der Waals surface area contributed by atoms with Crippen molar-refractivity contribution < 1.29 is 0 Å². The molecule has 4 heteroatoms. The van der Waals surface area contributed by atoms with Crippen LogP contribution in [0, 0.1) is 3.57 Å². The minimum Gasteiger partial charge on any atom is -0.399 e. The molecule has 0 aliphatic heterocycles. The van der Waals surface area contributed by atoms with E-state index in [-0.39, 0.29) is 0 Å². The van der Waals surface area contributed by atoms with E-state index in [0.29, 0.717) is 0 Å². The van der Waals surface area contributed by atoms with Crippen molar-refractivity contribution in [3.63, 3.8) is 0 Å². The summed E-state index contributed by atoms with van der Waals surface area (Å²) in [5.41, 5.74) is 8.72. The Kier molecular flexibility index (Phi) is 3.85. The molecule has 3 aromatic rings. The summed E-state index contributed by atoms with van der Waals surface area (Å²) in [5.74, 6) is 0. The summed E-state index contributed by atoms with van der Waals surface area (Å²) in [6, 6.07) is 18.3. The Labute approximate surface area is 139 Å². The maximum atomic E-state index is 5.79. The van der Waals surface area contributed by atoms with Crippen molar-refractivity contribution in [2.75, 3.05) is 11.1 Å². The smallest absolute Gasteiger partial charge is 0.0521 e. The van der Waals surface area contributed by atoms with Gasteiger partial charge in [-0.3, -0.25) is 0 Å². The SMILES string of the molecule is Nc1ccc(Nc2ccc(Br)c3ccccc23)c(I)c1. The molecule has 0 fully saturated rings. The van der Waals surface area contributed by atoms with Gasteiger partial charge in [-0.05, 0) is 58.3 Å². The number of nitrogens with one attached hydrogen (secondary N) is 1. The zero-order valence-electron chi connectivity index (χ0n) is 10.5. The molecule has 0 aliphatic carbocycles. The number of hydrogen-bond donors (Lipinski definition) is 2. The lowest BCUT2D eigenvalue weighted by atomic mass is 10.1. The first-order valence-corrected chi connectivity index (χ1v) is 8.01. The van der Waals surface area contributed by atoms with Gasteiger partial charge in [0.15, 0.2) is 0 Å². The summed E-state index contributed by atoms with van der Waals surface area (Å²) in [5, 5.41) is 5.87. The van der Waals surface area contributed by atoms with Crippen LogP contribution >= 0.6 is 38.5 Å². The largest absolute Gasteiger partial charge is 0.399 e. The van der Waals surface area contributed by atoms with E-state index in [4.69, 9.17) is 5.73 Å². The van der Waals surface area contributed by atoms with Crippen molar-refractivity contribution in [3.8, 4) is 0 Å². The highest BCUT2D eigenvalue weighted by Gasteiger charge is 2.06. The first-order valence-electron chi connectivity index (χ1n) is 6.14. The molecule has 0 saturated heterocycles. The molecule has 3 aromatic carbocycles. The second-order valence-corrected chi connectivity index (χ2v) is 6.52. The Morgan fingerprint density at radius 2 is 1.60 bits per heavy atom. The molecule has 0 amide bonds. The van der Waals surface area contributed by atoms with Crippen LogP contribution in [-0.2, 0) is 0 Å². The van der Waals surface area contributed by atoms with E-state index in [2.05, 4.69) is 68.1 Å². The van der Waals surface area contributed by atoms with Crippen LogP contribution in [-0.4, -0.2) is 0 Å². The van der Waals surface area contributed by atoms with Gasteiger partial charge in [0.25, 0.3) is 0 Å². The number of nitrogen functional groups attached to an aromatic ring is 1. The van der Waals surface area contributed by atoms with E-state index in [1.807, 2.05) is 30.3 Å². The highest BCUT2D eigenvalue weighted by molar-refractivity contribution is 14.1. The molecule has 100 valence electrons. The van der Waals surface area contributed by atoms with E-state index in [9.17, 15) is 0 Å². The quantitative estimate of drug-likeness (QED) is 0.407. The Bertz CT molecular complexity index is 787. The summed E-state index contributed by atoms with van der Waals surface area (Å²) in [6.07, 6.45) is 0. The van der Waals surface area contributed by atoms with Crippen LogP contribution in [0.2, 0.25) is 0 Å². The molecule has 2 nitrogen and oxygen atoms in total. The Morgan fingerprint density at radius 3 is 2.35 bits per heavy atom. The topological polar surface area (TPSA) is 38.0 Å². The number of anilines is 3. The molecule has 3 N–H and O–H groups in total. The molecule has 0 radical (unpaired) electrons. The van der Waals surface area contributed by atoms with Crippen molar-refractivity contribution in [3.05, 3.63) is 62.6 Å². The normalized spacial score (nSPS) is 10.7. The van der Waals surface area contributed by atoms with Gasteiger partial charge in [0.2, 0.25) is 0 Å². The van der Waals surface area contributed by atoms with E-state index >= 15 is 0 Å². The summed E-state index contributed by atoms with van der Waals surface area (Å²) < 4.78 is 2.21. The lowest BCUT2D eigenvalue weighted by molar-refractivity contribution is 1.53. The third-order valence-corrected chi connectivity index (χ3v) is 4.72. The zero-order chi connectivity index (χ0) is 14.1. The molecule has 0 saturated carbocycles. The Balaban J connectivity index is 2.09. The maximum Gasteiger partial charge on any atom is 0.0521 e. The van der Waals surface area contributed by atoms with Gasteiger partial charge in [0.1, 0.15) is 0 Å². The molecule has 3 rings (SSSR count). The molecule has 0 aromatic heterocycles. The number of nitrogens with two attached hydrogens (primary N) is 1. The minimum absolute atomic E-state index is 0.778. The molecule has 20 heavy (non-hydrogen) atoms. The average Bonchev–Trinajstić information content (AvgIpc) is 2.45. The van der Waals surface area contributed by atoms with Gasteiger partial charge in [0.05, 0.1) is 5.69 Å². The van der Waals surface area contributed by atoms with Crippen molar-refractivity contribution >= 4 is 66.4 Å². The van der Waals surface area contributed by atoms with Crippen molar-refractivity contribution in [1.29, 1.82) is 0 Å². The Hall–Kier alpha value is -1.27. The fourth-order valence-electron chi connectivity index (χ4n) is 2.15. The third-order valence-electron chi connectivity index (χ3n) is 3.13. The molecule has 0 unspecified atom stereocenters. The first-order chi connectivity index (χ1) is 9.65. The lowest BCUT2D eigenvalue weighted by Crippen LogP contribution is -1.95. The standard InChI is InChI=1S/C16H12BrIN2/c17-13-6-8-15(12-4-2-1-3-11(12)13)20-16-7-5-10(19)9-14(16)18/h1-9,20H,19H2. The van der Waals surface area contributed by atoms with Gasteiger partial charge in [0, 0.05) is 24.8 Å². The number of fused-ring (bicyclic) bond motifs is 1. The van der Waals surface area contributed by atoms with Crippen molar-refractivity contribution in [1.82, 2.24) is 0 Å². The minimum atomic E-state index is 0.778. The molecule has 0 spiro atoms. The van der Waals surface area contributed by atoms with Crippen molar-refractivity contribution in [2.45, 2.75) is 0 Å². The number of hydrogen-bond acceptors (Lipinski definition) is 2. The van der Waals surface area contributed by atoms with Gasteiger partial charge >= 0.3 is 0 Å². The summed E-state index contributed by atoms with van der Waals surface area (Å²) in [6.45, 7) is 0. The van der Waals surface area contributed by atoms with E-state index in [1.54, 1.807) is 0 Å². The summed E-state index contributed by atoms with van der Waals surface area (Å²) >= 11 is 5.89. The summed E-state index contributed by atoms with van der Waals surface area (Å²) in [4.78, 5) is 0. The van der Waals surface area contributed by atoms with Gasteiger partial charge in [-0.2, -0.15) is 0 Å². The van der Waals surface area contributed by atoms with Gasteiger partial charge in [-0.1, -0.05) is 40.2 Å². The van der Waals surface area contributed by atoms with Gasteiger partial charge in [-0.15, -0.1) is 0 Å². The predicted molar refractivity (Wildman–Crippen MR) is 98.5 cm³/mol. The fourth-order valence-corrected chi connectivity index (χ4v) is 3.30. The maximum absolute atomic E-state index is 5.79. The molecule has 0 aliphatic rings. The number of benzene rings is 3. The van der Waals surface area contributed by atoms with E-state index in [1.165, 1.54) is 10.8 Å². The van der Waals surface area contributed by atoms with Crippen LogP contribution in [0.1, 0.15) is 0 Å². The monoisotopic (exact) mass is 438 g/mol. The lowest BCUT2D eigenvalue weighted by Gasteiger charge is -2.12. The molecule has 0 bridgehead atoms. The predicted octanol–water partition coefficient (Wildman–Crippen LogP) is 5.53. The second-order valence-electron chi connectivity index (χ2n) is 4.50. The van der Waals surface area contributed by atoms with Crippen LogP contribution in [0.15, 0.2) is 59.1 Å². The van der Waals surface area contributed by atoms with Crippen LogP contribution in [0.4, 0.5) is 17.1 Å². The van der Waals surface area contributed by atoms with E-state index < -0.39 is 0 Å². The van der Waals surface area contributed by atoms with Crippen LogP contribution in [0.5, 0.6) is 0 Å². The highest BCUT2D eigenvalue weighted by atomic mass is 127. The average molecular weight is 439 g/mol. The second kappa shape index (κ2) is 5.61.